The number of carbonyl (C=O) groups is 1. The van der Waals surface area contributed by atoms with Gasteiger partial charge in [-0.1, -0.05) is 18.9 Å². The van der Waals surface area contributed by atoms with Gasteiger partial charge < -0.3 is 5.32 Å². The number of aromatic nitrogens is 3. The lowest BCUT2D eigenvalue weighted by Gasteiger charge is -2.10. The van der Waals surface area contributed by atoms with E-state index in [0.717, 1.165) is 24.2 Å². The van der Waals surface area contributed by atoms with Crippen LogP contribution >= 0.6 is 0 Å². The van der Waals surface area contributed by atoms with Crippen LogP contribution in [0, 0.1) is 5.92 Å². The molecule has 3 rings (SSSR count). The lowest BCUT2D eigenvalue weighted by Crippen LogP contribution is -2.28. The molecule has 2 aromatic rings. The molecule has 0 bridgehead atoms. The van der Waals surface area contributed by atoms with E-state index in [1.54, 1.807) is 17.1 Å². The highest BCUT2D eigenvalue weighted by Gasteiger charge is 2.22. The van der Waals surface area contributed by atoms with E-state index in [-0.39, 0.29) is 11.8 Å². The van der Waals surface area contributed by atoms with Crippen LogP contribution in [0.25, 0.3) is 5.82 Å². The largest absolute Gasteiger partial charge is 0.352 e. The van der Waals surface area contributed by atoms with E-state index in [1.807, 2.05) is 24.4 Å². The fourth-order valence-electron chi connectivity index (χ4n) is 2.58. The fraction of sp³-hybridized carbons (Fsp3) is 0.400. The van der Waals surface area contributed by atoms with E-state index in [9.17, 15) is 4.79 Å². The predicted molar refractivity (Wildman–Crippen MR) is 75.2 cm³/mol. The molecule has 5 nitrogen and oxygen atoms in total. The summed E-state index contributed by atoms with van der Waals surface area (Å²) in [5, 5.41) is 7.12. The number of nitrogens with one attached hydrogen (secondary N) is 1. The van der Waals surface area contributed by atoms with Gasteiger partial charge in [0.25, 0.3) is 0 Å². The molecular weight excluding hydrogens is 252 g/mol. The predicted octanol–water partition coefficient (Wildman–Crippen LogP) is 2.07. The number of carbonyl (C=O) groups excluding carboxylic acids is 1. The molecule has 1 aliphatic rings. The third-order valence-electron chi connectivity index (χ3n) is 3.74. The van der Waals surface area contributed by atoms with Crippen LogP contribution < -0.4 is 5.32 Å². The maximum atomic E-state index is 11.9. The summed E-state index contributed by atoms with van der Waals surface area (Å²) in [6.07, 6.45) is 9.77. The topological polar surface area (TPSA) is 59.8 Å². The Kier molecular flexibility index (Phi) is 3.76. The average molecular weight is 270 g/mol. The van der Waals surface area contributed by atoms with Crippen LogP contribution in [0.1, 0.15) is 31.2 Å². The first kappa shape index (κ1) is 12.8. The maximum Gasteiger partial charge on any atom is 0.223 e. The quantitative estimate of drug-likeness (QED) is 0.925. The third kappa shape index (κ3) is 2.87. The Bertz CT molecular complexity index is 556. The highest BCUT2D eigenvalue weighted by atomic mass is 16.1. The van der Waals surface area contributed by atoms with E-state index in [1.165, 1.54) is 12.8 Å². The van der Waals surface area contributed by atoms with Gasteiger partial charge in [0, 0.05) is 31.1 Å². The zero-order valence-corrected chi connectivity index (χ0v) is 11.3. The minimum atomic E-state index is 0.179. The smallest absolute Gasteiger partial charge is 0.223 e. The van der Waals surface area contributed by atoms with Crippen molar-refractivity contribution in [2.45, 2.75) is 32.2 Å². The molecule has 0 aliphatic heterocycles. The molecule has 0 saturated heterocycles. The second-order valence-corrected chi connectivity index (χ2v) is 5.17. The van der Waals surface area contributed by atoms with E-state index >= 15 is 0 Å². The lowest BCUT2D eigenvalue weighted by molar-refractivity contribution is -0.124. The standard InChI is InChI=1S/C15H18N4O/c20-15(13-4-1-2-5-13)17-11-12-6-7-14(16-10-12)19-9-3-8-18-19/h3,6-10,13H,1-2,4-5,11H2,(H,17,20). The van der Waals surface area contributed by atoms with E-state index < -0.39 is 0 Å². The molecule has 1 aliphatic carbocycles. The summed E-state index contributed by atoms with van der Waals surface area (Å²) in [5.74, 6) is 1.17. The van der Waals surface area contributed by atoms with Crippen molar-refractivity contribution in [2.75, 3.05) is 0 Å². The lowest BCUT2D eigenvalue weighted by atomic mass is 10.1. The molecule has 0 aromatic carbocycles. The molecule has 1 N–H and O–H groups in total. The first-order valence-corrected chi connectivity index (χ1v) is 7.05. The molecule has 104 valence electrons. The molecule has 0 atom stereocenters. The molecule has 20 heavy (non-hydrogen) atoms. The Morgan fingerprint density at radius 2 is 2.20 bits per heavy atom. The van der Waals surface area contributed by atoms with Crippen molar-refractivity contribution in [3.05, 3.63) is 42.4 Å². The van der Waals surface area contributed by atoms with E-state index in [2.05, 4.69) is 15.4 Å². The van der Waals surface area contributed by atoms with Crippen molar-refractivity contribution in [2.24, 2.45) is 5.92 Å². The van der Waals surface area contributed by atoms with E-state index in [4.69, 9.17) is 0 Å². The molecule has 0 spiro atoms. The summed E-state index contributed by atoms with van der Waals surface area (Å²) in [4.78, 5) is 16.3. The molecule has 0 unspecified atom stereocenters. The Morgan fingerprint density at radius 3 is 2.85 bits per heavy atom. The highest BCUT2D eigenvalue weighted by Crippen LogP contribution is 2.24. The molecule has 5 heteroatoms. The number of nitrogens with zero attached hydrogens (tertiary/aromatic N) is 3. The van der Waals surface area contributed by atoms with Gasteiger partial charge in [-0.15, -0.1) is 0 Å². The summed E-state index contributed by atoms with van der Waals surface area (Å²) in [6.45, 7) is 0.543. The van der Waals surface area contributed by atoms with Gasteiger partial charge in [0.2, 0.25) is 5.91 Å². The zero-order valence-electron chi connectivity index (χ0n) is 11.3. The van der Waals surface area contributed by atoms with Gasteiger partial charge in [-0.05, 0) is 30.5 Å². The second-order valence-electron chi connectivity index (χ2n) is 5.17. The first-order chi connectivity index (χ1) is 9.83. The van der Waals surface area contributed by atoms with Crippen molar-refractivity contribution in [1.82, 2.24) is 20.1 Å². The van der Waals surface area contributed by atoms with Crippen LogP contribution in [0.2, 0.25) is 0 Å². The summed E-state index contributed by atoms with van der Waals surface area (Å²) in [7, 11) is 0. The molecule has 2 heterocycles. The minimum Gasteiger partial charge on any atom is -0.352 e. The van der Waals surface area contributed by atoms with Crippen molar-refractivity contribution < 1.29 is 4.79 Å². The fourth-order valence-corrected chi connectivity index (χ4v) is 2.58. The number of pyridine rings is 1. The van der Waals surface area contributed by atoms with Crippen LogP contribution in [0.5, 0.6) is 0 Å². The monoisotopic (exact) mass is 270 g/mol. The Labute approximate surface area is 118 Å². The molecule has 0 radical (unpaired) electrons. The van der Waals surface area contributed by atoms with Crippen molar-refractivity contribution in [3.63, 3.8) is 0 Å². The third-order valence-corrected chi connectivity index (χ3v) is 3.74. The summed E-state index contributed by atoms with van der Waals surface area (Å²) < 4.78 is 1.71. The van der Waals surface area contributed by atoms with Gasteiger partial charge in [0.15, 0.2) is 5.82 Å². The second kappa shape index (κ2) is 5.86. The van der Waals surface area contributed by atoms with Crippen LogP contribution in [0.15, 0.2) is 36.8 Å². The van der Waals surface area contributed by atoms with Gasteiger partial charge in [-0.25, -0.2) is 9.67 Å². The van der Waals surface area contributed by atoms with Crippen LogP contribution in [0.4, 0.5) is 0 Å². The first-order valence-electron chi connectivity index (χ1n) is 7.05. The number of hydrogen-bond donors (Lipinski definition) is 1. The van der Waals surface area contributed by atoms with Crippen molar-refractivity contribution in [3.8, 4) is 5.82 Å². The van der Waals surface area contributed by atoms with Gasteiger partial charge in [0.05, 0.1) is 0 Å². The Hall–Kier alpha value is -2.17. The maximum absolute atomic E-state index is 11.9. The average Bonchev–Trinajstić information content (AvgIpc) is 3.18. The van der Waals surface area contributed by atoms with Gasteiger partial charge in [-0.3, -0.25) is 4.79 Å². The number of hydrogen-bond acceptors (Lipinski definition) is 3. The van der Waals surface area contributed by atoms with Crippen molar-refractivity contribution in [1.29, 1.82) is 0 Å². The van der Waals surface area contributed by atoms with Crippen LogP contribution in [0.3, 0.4) is 0 Å². The summed E-state index contributed by atoms with van der Waals surface area (Å²) in [6, 6.07) is 5.74. The molecule has 2 aromatic heterocycles. The number of rotatable bonds is 4. The molecular formula is C15H18N4O. The molecule has 1 fully saturated rings. The minimum absolute atomic E-state index is 0.179. The summed E-state index contributed by atoms with van der Waals surface area (Å²) >= 11 is 0. The van der Waals surface area contributed by atoms with Gasteiger partial charge in [-0.2, -0.15) is 5.10 Å². The van der Waals surface area contributed by atoms with Crippen LogP contribution in [-0.2, 0) is 11.3 Å². The normalized spacial score (nSPS) is 15.4. The SMILES string of the molecule is O=C(NCc1ccc(-n2cccn2)nc1)C1CCCC1. The molecule has 1 saturated carbocycles. The number of amides is 1. The zero-order chi connectivity index (χ0) is 13.8. The van der Waals surface area contributed by atoms with Crippen LogP contribution in [-0.4, -0.2) is 20.7 Å². The van der Waals surface area contributed by atoms with Gasteiger partial charge >= 0.3 is 0 Å². The Morgan fingerprint density at radius 1 is 1.35 bits per heavy atom. The van der Waals surface area contributed by atoms with E-state index in [0.29, 0.717) is 6.54 Å². The highest BCUT2D eigenvalue weighted by molar-refractivity contribution is 5.78. The van der Waals surface area contributed by atoms with Crippen molar-refractivity contribution >= 4 is 5.91 Å². The summed E-state index contributed by atoms with van der Waals surface area (Å²) in [5.41, 5.74) is 1.01. The van der Waals surface area contributed by atoms with Gasteiger partial charge in [0.1, 0.15) is 0 Å². The Balaban J connectivity index is 1.57. The molecule has 1 amide bonds.